The number of ether oxygens (including phenoxy) is 3. The van der Waals surface area contributed by atoms with Gasteiger partial charge in [0, 0.05) is 19.3 Å². The molecule has 0 aromatic rings. The van der Waals surface area contributed by atoms with Crippen LogP contribution in [0.2, 0.25) is 0 Å². The molecule has 6 heteroatoms. The molecule has 382 valence electrons. The highest BCUT2D eigenvalue weighted by atomic mass is 16.6. The summed E-state index contributed by atoms with van der Waals surface area (Å²) in [6.07, 6.45) is 72.6. The van der Waals surface area contributed by atoms with Crippen LogP contribution in [0.3, 0.4) is 0 Å². The summed E-state index contributed by atoms with van der Waals surface area (Å²) in [6.45, 7) is 6.35. The molecule has 0 amide bonds. The largest absolute Gasteiger partial charge is 0.462 e. The van der Waals surface area contributed by atoms with Gasteiger partial charge in [-0.15, -0.1) is 0 Å². The second-order valence-electron chi connectivity index (χ2n) is 18.1. The van der Waals surface area contributed by atoms with Gasteiger partial charge in [0.1, 0.15) is 13.2 Å². The minimum absolute atomic E-state index is 0.101. The molecule has 0 aromatic carbocycles. The lowest BCUT2D eigenvalue weighted by molar-refractivity contribution is -0.167. The number of allylic oxidation sites excluding steroid dienone is 16. The molecular weight excluding hydrogens is 829 g/mol. The molecule has 0 spiro atoms. The molecule has 1 unspecified atom stereocenters. The van der Waals surface area contributed by atoms with Gasteiger partial charge in [-0.05, 0) is 77.0 Å². The summed E-state index contributed by atoms with van der Waals surface area (Å²) in [5, 5.41) is 0. The van der Waals surface area contributed by atoms with Gasteiger partial charge in [0.25, 0.3) is 0 Å². The van der Waals surface area contributed by atoms with Crippen LogP contribution in [0, 0.1) is 0 Å². The molecule has 0 radical (unpaired) electrons. The quantitative estimate of drug-likeness (QED) is 0.0199. The Morgan fingerprint density at radius 3 is 1.12 bits per heavy atom. The molecule has 0 heterocycles. The number of unbranched alkanes of at least 4 members (excludes halogenated alkanes) is 24. The third kappa shape index (κ3) is 53.2. The third-order valence-electron chi connectivity index (χ3n) is 11.6. The molecule has 0 aliphatic carbocycles. The minimum Gasteiger partial charge on any atom is -0.462 e. The predicted molar refractivity (Wildman–Crippen MR) is 288 cm³/mol. The first-order valence-corrected chi connectivity index (χ1v) is 27.8. The van der Waals surface area contributed by atoms with Gasteiger partial charge in [0.05, 0.1) is 0 Å². The maximum Gasteiger partial charge on any atom is 0.306 e. The Bertz CT molecular complexity index is 1350. The summed E-state index contributed by atoms with van der Waals surface area (Å²) >= 11 is 0. The Labute approximate surface area is 413 Å². The highest BCUT2D eigenvalue weighted by molar-refractivity contribution is 5.71. The molecule has 0 saturated heterocycles. The van der Waals surface area contributed by atoms with Crippen LogP contribution >= 0.6 is 0 Å². The van der Waals surface area contributed by atoms with Crippen molar-refractivity contribution in [1.29, 1.82) is 0 Å². The molecule has 1 atom stereocenters. The van der Waals surface area contributed by atoms with Crippen LogP contribution in [0.15, 0.2) is 97.2 Å². The van der Waals surface area contributed by atoms with E-state index < -0.39 is 6.10 Å². The molecule has 0 bridgehead atoms. The van der Waals surface area contributed by atoms with E-state index in [-0.39, 0.29) is 37.5 Å². The first-order chi connectivity index (χ1) is 33.0. The number of carbonyl (C=O) groups is 3. The van der Waals surface area contributed by atoms with Gasteiger partial charge in [-0.3, -0.25) is 14.4 Å². The second kappa shape index (κ2) is 54.9. The number of rotatable bonds is 49. The van der Waals surface area contributed by atoms with E-state index in [1.807, 2.05) is 0 Å². The first kappa shape index (κ1) is 63.3. The average Bonchev–Trinajstić information content (AvgIpc) is 3.33. The number of hydrogen-bond donors (Lipinski definition) is 0. The normalized spacial score (nSPS) is 12.8. The molecule has 0 aliphatic rings. The van der Waals surface area contributed by atoms with E-state index in [0.29, 0.717) is 19.3 Å². The van der Waals surface area contributed by atoms with E-state index in [1.54, 1.807) is 0 Å². The Balaban J connectivity index is 4.48. The van der Waals surface area contributed by atoms with Gasteiger partial charge >= 0.3 is 17.9 Å². The SMILES string of the molecule is CC\C=C/C=C\C=C/CCCCCCCCCC(=O)OCC(COC(=O)CCC/C=C\C/C=C\C/C=C\C/C=C\C/C=C\CC)OC(=O)CCCCCCCCCCCCCCCCCCC. The van der Waals surface area contributed by atoms with Crippen molar-refractivity contribution < 1.29 is 28.6 Å². The van der Waals surface area contributed by atoms with Crippen molar-refractivity contribution in [3.05, 3.63) is 97.2 Å². The molecular formula is C61H102O6. The lowest BCUT2D eigenvalue weighted by atomic mass is 10.0. The molecule has 0 aromatic heterocycles. The topological polar surface area (TPSA) is 78.9 Å². The van der Waals surface area contributed by atoms with Crippen molar-refractivity contribution in [3.8, 4) is 0 Å². The fourth-order valence-electron chi connectivity index (χ4n) is 7.54. The molecule has 0 N–H and O–H groups in total. The summed E-state index contributed by atoms with van der Waals surface area (Å²) in [5.74, 6) is -0.968. The lowest BCUT2D eigenvalue weighted by Crippen LogP contribution is -2.30. The number of hydrogen-bond acceptors (Lipinski definition) is 6. The van der Waals surface area contributed by atoms with Crippen LogP contribution in [0.5, 0.6) is 0 Å². The molecule has 0 rings (SSSR count). The van der Waals surface area contributed by atoms with Crippen molar-refractivity contribution in [1.82, 2.24) is 0 Å². The maximum absolute atomic E-state index is 12.8. The van der Waals surface area contributed by atoms with Crippen molar-refractivity contribution in [3.63, 3.8) is 0 Å². The minimum atomic E-state index is -0.805. The Kier molecular flexibility index (Phi) is 51.9. The summed E-state index contributed by atoms with van der Waals surface area (Å²) < 4.78 is 16.8. The van der Waals surface area contributed by atoms with Gasteiger partial charge in [-0.2, -0.15) is 0 Å². The monoisotopic (exact) mass is 931 g/mol. The maximum atomic E-state index is 12.8. The van der Waals surface area contributed by atoms with E-state index in [4.69, 9.17) is 14.2 Å². The van der Waals surface area contributed by atoms with Gasteiger partial charge in [-0.25, -0.2) is 0 Å². The fourth-order valence-corrected chi connectivity index (χ4v) is 7.54. The van der Waals surface area contributed by atoms with E-state index >= 15 is 0 Å². The van der Waals surface area contributed by atoms with E-state index in [2.05, 4.69) is 118 Å². The smallest absolute Gasteiger partial charge is 0.306 e. The van der Waals surface area contributed by atoms with Crippen LogP contribution in [-0.2, 0) is 28.6 Å². The summed E-state index contributed by atoms with van der Waals surface area (Å²) in [4.78, 5) is 38.1. The van der Waals surface area contributed by atoms with Crippen LogP contribution in [0.25, 0.3) is 0 Å². The van der Waals surface area contributed by atoms with E-state index in [0.717, 1.165) is 89.9 Å². The number of esters is 3. The summed E-state index contributed by atoms with van der Waals surface area (Å²) in [7, 11) is 0. The zero-order chi connectivity index (χ0) is 48.6. The fraction of sp³-hybridized carbons (Fsp3) is 0.689. The third-order valence-corrected chi connectivity index (χ3v) is 11.6. The van der Waals surface area contributed by atoms with Crippen LogP contribution in [-0.4, -0.2) is 37.2 Å². The van der Waals surface area contributed by atoms with Crippen LogP contribution < -0.4 is 0 Å². The summed E-state index contributed by atoms with van der Waals surface area (Å²) in [6, 6.07) is 0. The average molecular weight is 931 g/mol. The molecule has 0 aliphatic heterocycles. The van der Waals surface area contributed by atoms with Crippen molar-refractivity contribution >= 4 is 17.9 Å². The highest BCUT2D eigenvalue weighted by Gasteiger charge is 2.19. The molecule has 0 fully saturated rings. The first-order valence-electron chi connectivity index (χ1n) is 27.8. The molecule has 67 heavy (non-hydrogen) atoms. The second-order valence-corrected chi connectivity index (χ2v) is 18.1. The highest BCUT2D eigenvalue weighted by Crippen LogP contribution is 2.16. The van der Waals surface area contributed by atoms with E-state index in [1.165, 1.54) is 116 Å². The van der Waals surface area contributed by atoms with Crippen molar-refractivity contribution in [2.24, 2.45) is 0 Å². The Morgan fingerprint density at radius 2 is 0.672 bits per heavy atom. The molecule has 0 saturated carbocycles. The number of carbonyl (C=O) groups excluding carboxylic acids is 3. The van der Waals surface area contributed by atoms with Crippen molar-refractivity contribution in [2.45, 2.75) is 258 Å². The standard InChI is InChI=1S/C61H102O6/c1-4-7-10-13-16-19-22-25-28-30-33-36-39-42-45-48-51-54-60(63)66-57-58(56-65-59(62)53-50-47-44-41-38-35-32-27-24-21-18-15-12-9-6-3)67-61(64)55-52-49-46-43-40-37-34-31-29-26-23-20-17-14-11-8-5-2/h7,9-10,12,15-16,18-19,21,24-25,28,33,36,42,45,58H,4-6,8,11,13-14,17,20,22-23,26-27,29-32,34-35,37-41,43-44,46-57H2,1-3H3/b10-7-,12-9-,18-15-,19-16-,24-21-,28-25-,36-33-,45-42-. The van der Waals surface area contributed by atoms with Gasteiger partial charge in [-0.1, -0.05) is 253 Å². The van der Waals surface area contributed by atoms with E-state index in [9.17, 15) is 14.4 Å². The van der Waals surface area contributed by atoms with Gasteiger partial charge < -0.3 is 14.2 Å². The van der Waals surface area contributed by atoms with Crippen LogP contribution in [0.4, 0.5) is 0 Å². The zero-order valence-electron chi connectivity index (χ0n) is 43.6. The Morgan fingerprint density at radius 1 is 0.328 bits per heavy atom. The lowest BCUT2D eigenvalue weighted by Gasteiger charge is -2.18. The van der Waals surface area contributed by atoms with Gasteiger partial charge in [0.15, 0.2) is 6.10 Å². The van der Waals surface area contributed by atoms with Crippen molar-refractivity contribution in [2.75, 3.05) is 13.2 Å². The molecule has 6 nitrogen and oxygen atoms in total. The Hall–Kier alpha value is -3.67. The predicted octanol–water partition coefficient (Wildman–Crippen LogP) is 18.5. The summed E-state index contributed by atoms with van der Waals surface area (Å²) in [5.41, 5.74) is 0. The van der Waals surface area contributed by atoms with Crippen LogP contribution in [0.1, 0.15) is 252 Å². The zero-order valence-corrected chi connectivity index (χ0v) is 43.6. The van der Waals surface area contributed by atoms with Gasteiger partial charge in [0.2, 0.25) is 0 Å².